The molecule has 0 bridgehead atoms. The van der Waals surface area contributed by atoms with Gasteiger partial charge < -0.3 is 22.1 Å². The van der Waals surface area contributed by atoms with Crippen LogP contribution < -0.4 is 22.1 Å². The lowest BCUT2D eigenvalue weighted by atomic mass is 9.99. The van der Waals surface area contributed by atoms with E-state index in [0.29, 0.717) is 6.54 Å². The SMILES string of the molecule is CCNCC(CNC(=O)c1nc(Cl)c(N)nc1N)Cc1ccccc1. The van der Waals surface area contributed by atoms with Gasteiger partial charge in [0.2, 0.25) is 0 Å². The van der Waals surface area contributed by atoms with Gasteiger partial charge in [-0.2, -0.15) is 0 Å². The van der Waals surface area contributed by atoms with E-state index in [0.717, 1.165) is 19.5 Å². The van der Waals surface area contributed by atoms with Crippen molar-refractivity contribution in [3.8, 4) is 0 Å². The van der Waals surface area contributed by atoms with Crippen LogP contribution in [0.2, 0.25) is 5.15 Å². The minimum atomic E-state index is -0.415. The zero-order valence-corrected chi connectivity index (χ0v) is 14.9. The lowest BCUT2D eigenvalue weighted by Crippen LogP contribution is -2.36. The van der Waals surface area contributed by atoms with E-state index >= 15 is 0 Å². The minimum Gasteiger partial charge on any atom is -0.382 e. The van der Waals surface area contributed by atoms with E-state index in [1.165, 1.54) is 5.56 Å². The second kappa shape index (κ2) is 9.19. The summed E-state index contributed by atoms with van der Waals surface area (Å²) in [4.78, 5) is 20.1. The monoisotopic (exact) mass is 362 g/mol. The van der Waals surface area contributed by atoms with Crippen molar-refractivity contribution in [1.82, 2.24) is 20.6 Å². The topological polar surface area (TPSA) is 119 Å². The molecule has 134 valence electrons. The van der Waals surface area contributed by atoms with Crippen LogP contribution in [0, 0.1) is 5.92 Å². The minimum absolute atomic E-state index is 0.00446. The van der Waals surface area contributed by atoms with Crippen molar-refractivity contribution in [2.24, 2.45) is 5.92 Å². The van der Waals surface area contributed by atoms with Gasteiger partial charge >= 0.3 is 0 Å². The van der Waals surface area contributed by atoms with Crippen LogP contribution in [0.4, 0.5) is 11.6 Å². The molecule has 7 nitrogen and oxygen atoms in total. The Labute approximate surface area is 152 Å². The number of carbonyl (C=O) groups excluding carboxylic acids is 1. The summed E-state index contributed by atoms with van der Waals surface area (Å²) in [5.41, 5.74) is 12.4. The molecule has 0 radical (unpaired) electrons. The molecule has 0 saturated carbocycles. The highest BCUT2D eigenvalue weighted by Gasteiger charge is 2.17. The fourth-order valence-corrected chi connectivity index (χ4v) is 2.57. The molecule has 6 N–H and O–H groups in total. The molecule has 0 spiro atoms. The van der Waals surface area contributed by atoms with Crippen LogP contribution in [0.25, 0.3) is 0 Å². The lowest BCUT2D eigenvalue weighted by Gasteiger charge is -2.18. The van der Waals surface area contributed by atoms with E-state index < -0.39 is 5.91 Å². The summed E-state index contributed by atoms with van der Waals surface area (Å²) in [5.74, 6) is -0.221. The number of hydrogen-bond acceptors (Lipinski definition) is 6. The van der Waals surface area contributed by atoms with Crippen molar-refractivity contribution in [2.75, 3.05) is 31.1 Å². The van der Waals surface area contributed by atoms with Crippen molar-refractivity contribution in [1.29, 1.82) is 0 Å². The Morgan fingerprint density at radius 2 is 1.88 bits per heavy atom. The first-order valence-electron chi connectivity index (χ1n) is 8.12. The number of anilines is 2. The highest BCUT2D eigenvalue weighted by molar-refractivity contribution is 6.31. The Morgan fingerprint density at radius 3 is 2.56 bits per heavy atom. The fraction of sp³-hybridized carbons (Fsp3) is 0.353. The maximum absolute atomic E-state index is 12.3. The second-order valence-electron chi connectivity index (χ2n) is 5.71. The first-order chi connectivity index (χ1) is 12.0. The zero-order chi connectivity index (χ0) is 18.2. The van der Waals surface area contributed by atoms with E-state index in [1.807, 2.05) is 25.1 Å². The van der Waals surface area contributed by atoms with Crippen LogP contribution >= 0.6 is 11.6 Å². The second-order valence-corrected chi connectivity index (χ2v) is 6.06. The van der Waals surface area contributed by atoms with Gasteiger partial charge in [0.05, 0.1) is 0 Å². The maximum Gasteiger partial charge on any atom is 0.273 e. The number of nitrogens with zero attached hydrogens (tertiary/aromatic N) is 2. The summed E-state index contributed by atoms with van der Waals surface area (Å²) < 4.78 is 0. The predicted octanol–water partition coefficient (Wildman–Crippen LogP) is 1.49. The molecule has 0 saturated heterocycles. The Morgan fingerprint density at radius 1 is 1.16 bits per heavy atom. The largest absolute Gasteiger partial charge is 0.382 e. The number of benzene rings is 1. The molecule has 0 aliphatic carbocycles. The molecule has 1 aromatic carbocycles. The summed E-state index contributed by atoms with van der Waals surface area (Å²) in [6.07, 6.45) is 0.845. The first-order valence-corrected chi connectivity index (χ1v) is 8.50. The van der Waals surface area contributed by atoms with E-state index in [9.17, 15) is 4.79 Å². The average molecular weight is 363 g/mol. The van der Waals surface area contributed by atoms with Crippen molar-refractivity contribution in [3.05, 3.63) is 46.7 Å². The molecular formula is C17H23ClN6O. The van der Waals surface area contributed by atoms with E-state index in [4.69, 9.17) is 23.1 Å². The molecule has 8 heteroatoms. The van der Waals surface area contributed by atoms with Crippen molar-refractivity contribution < 1.29 is 4.79 Å². The third-order valence-corrected chi connectivity index (χ3v) is 4.00. The van der Waals surface area contributed by atoms with Crippen LogP contribution in [-0.4, -0.2) is 35.5 Å². The van der Waals surface area contributed by atoms with Gasteiger partial charge in [-0.15, -0.1) is 0 Å². The molecule has 25 heavy (non-hydrogen) atoms. The van der Waals surface area contributed by atoms with E-state index in [-0.39, 0.29) is 28.4 Å². The number of aromatic nitrogens is 2. The molecule has 1 unspecified atom stereocenters. The highest BCUT2D eigenvalue weighted by atomic mass is 35.5. The maximum atomic E-state index is 12.3. The molecule has 0 aliphatic rings. The van der Waals surface area contributed by atoms with Gasteiger partial charge in [-0.05, 0) is 31.0 Å². The Kier molecular flexibility index (Phi) is 6.97. The smallest absolute Gasteiger partial charge is 0.273 e. The van der Waals surface area contributed by atoms with Crippen LogP contribution in [0.5, 0.6) is 0 Å². The molecule has 0 aliphatic heterocycles. The third-order valence-electron chi connectivity index (χ3n) is 3.72. The molecule has 2 rings (SSSR count). The summed E-state index contributed by atoms with van der Waals surface area (Å²) in [5, 5.41) is 6.14. The quantitative estimate of drug-likeness (QED) is 0.565. The lowest BCUT2D eigenvalue weighted by molar-refractivity contribution is 0.0942. The van der Waals surface area contributed by atoms with Gasteiger partial charge in [0.1, 0.15) is 0 Å². The van der Waals surface area contributed by atoms with Gasteiger partial charge in [-0.1, -0.05) is 48.9 Å². The Bertz CT molecular complexity index is 710. The molecular weight excluding hydrogens is 340 g/mol. The van der Waals surface area contributed by atoms with Gasteiger partial charge in [0.15, 0.2) is 22.5 Å². The molecule has 1 amide bonds. The number of nitrogens with one attached hydrogen (secondary N) is 2. The number of rotatable bonds is 8. The highest BCUT2D eigenvalue weighted by Crippen LogP contribution is 2.17. The van der Waals surface area contributed by atoms with Gasteiger partial charge in [0, 0.05) is 6.54 Å². The Hall–Kier alpha value is -2.38. The molecule has 2 aromatic rings. The summed E-state index contributed by atoms with van der Waals surface area (Å²) in [7, 11) is 0. The normalized spacial score (nSPS) is 11.9. The number of nitrogen functional groups attached to an aromatic ring is 2. The standard InChI is InChI=1S/C17H23ClN6O/c1-2-21-9-12(8-11-6-4-3-5-7-11)10-22-17(25)13-15(19)24-16(20)14(18)23-13/h3-7,12,21H,2,8-10H2,1H3,(H,22,25)(H4,19,20,24). The number of amides is 1. The summed E-state index contributed by atoms with van der Waals surface area (Å²) >= 11 is 5.82. The zero-order valence-electron chi connectivity index (χ0n) is 14.1. The molecule has 0 fully saturated rings. The first kappa shape index (κ1) is 19.0. The average Bonchev–Trinajstić information content (AvgIpc) is 2.61. The van der Waals surface area contributed by atoms with Gasteiger partial charge in [-0.3, -0.25) is 4.79 Å². The van der Waals surface area contributed by atoms with Crippen LogP contribution in [0.15, 0.2) is 30.3 Å². The van der Waals surface area contributed by atoms with Crippen molar-refractivity contribution in [2.45, 2.75) is 13.3 Å². The third kappa shape index (κ3) is 5.58. The van der Waals surface area contributed by atoms with Gasteiger partial charge in [0.25, 0.3) is 5.91 Å². The van der Waals surface area contributed by atoms with Crippen molar-refractivity contribution >= 4 is 29.1 Å². The fourth-order valence-electron chi connectivity index (χ4n) is 2.44. The number of halogens is 1. The molecule has 1 aromatic heterocycles. The van der Waals surface area contributed by atoms with Crippen LogP contribution in [0.1, 0.15) is 23.0 Å². The van der Waals surface area contributed by atoms with Crippen molar-refractivity contribution in [3.63, 3.8) is 0 Å². The van der Waals surface area contributed by atoms with Crippen LogP contribution in [0.3, 0.4) is 0 Å². The summed E-state index contributed by atoms with van der Waals surface area (Å²) in [6.45, 7) is 4.18. The number of hydrogen-bond donors (Lipinski definition) is 4. The summed E-state index contributed by atoms with van der Waals surface area (Å²) in [6, 6.07) is 10.1. The number of carbonyl (C=O) groups is 1. The predicted molar refractivity (Wildman–Crippen MR) is 100 cm³/mol. The Balaban J connectivity index is 2.01. The number of nitrogens with two attached hydrogens (primary N) is 2. The van der Waals surface area contributed by atoms with Gasteiger partial charge in [-0.25, -0.2) is 9.97 Å². The molecule has 1 heterocycles. The van der Waals surface area contributed by atoms with Crippen LogP contribution in [-0.2, 0) is 6.42 Å². The molecule has 1 atom stereocenters. The van der Waals surface area contributed by atoms with E-state index in [2.05, 4.69) is 32.7 Å². The van der Waals surface area contributed by atoms with E-state index in [1.54, 1.807) is 0 Å².